The number of hydrogen-bond donors (Lipinski definition) is 0. The van der Waals surface area contributed by atoms with Gasteiger partial charge in [-0.2, -0.15) is 4.99 Å². The van der Waals surface area contributed by atoms with E-state index in [4.69, 9.17) is 0 Å². The number of amidine groups is 1. The fraction of sp³-hybridized carbons (Fsp3) is 0.364. The lowest BCUT2D eigenvalue weighted by Gasteiger charge is -2.44. The fourth-order valence-corrected chi connectivity index (χ4v) is 4.41. The summed E-state index contributed by atoms with van der Waals surface area (Å²) in [5.74, 6) is 0.0112. The molecule has 0 N–H and O–H groups in total. The van der Waals surface area contributed by atoms with Crippen molar-refractivity contribution in [2.45, 2.75) is 50.0 Å². The van der Waals surface area contributed by atoms with Gasteiger partial charge in [0.15, 0.2) is 5.84 Å². The molecule has 1 aromatic carbocycles. The molecule has 4 nitrogen and oxygen atoms in total. The van der Waals surface area contributed by atoms with Crippen LogP contribution in [-0.4, -0.2) is 29.3 Å². The number of aliphatic imine (C=N–C) groups is 1. The molecular formula is C22H26F5N3OS. The topological polar surface area (TPSA) is 35.9 Å². The second kappa shape index (κ2) is 8.06. The molecule has 0 bridgehead atoms. The first-order valence-corrected chi connectivity index (χ1v) is 12.3. The number of nitrogens with zero attached hydrogens (tertiary/aromatic N) is 3. The number of hydrogen-bond acceptors (Lipinski definition) is 3. The van der Waals surface area contributed by atoms with Gasteiger partial charge in [-0.25, -0.2) is 0 Å². The van der Waals surface area contributed by atoms with E-state index >= 15 is 0 Å². The van der Waals surface area contributed by atoms with E-state index in [1.807, 2.05) is 31.2 Å². The standard InChI is InChI=1S/C22H26F5N3OS/c1-3-4-5-6-7-10-19-16-21(31)28-22-17(2)9-8-15-29(22)30(19)18-11-13-20(14-12-18)32(23,24,25,26)27/h4-7,11-14,19H,2-3,8-10,15-16H2,1H3/b5-4-,7-6-. The van der Waals surface area contributed by atoms with E-state index in [9.17, 15) is 24.2 Å². The van der Waals surface area contributed by atoms with Crippen LogP contribution in [0.1, 0.15) is 39.0 Å². The van der Waals surface area contributed by atoms with Crippen molar-refractivity contribution in [2.24, 2.45) is 4.99 Å². The molecule has 1 saturated heterocycles. The van der Waals surface area contributed by atoms with Crippen LogP contribution in [0.25, 0.3) is 0 Å². The zero-order valence-electron chi connectivity index (χ0n) is 17.7. The predicted octanol–water partition coefficient (Wildman–Crippen LogP) is 7.33. The van der Waals surface area contributed by atoms with Crippen molar-refractivity contribution < 1.29 is 24.2 Å². The highest BCUT2D eigenvalue weighted by Crippen LogP contribution is 3.02. The number of carbonyl (C=O) groups is 1. The number of anilines is 1. The summed E-state index contributed by atoms with van der Waals surface area (Å²) in [5.41, 5.74) is 0.926. The number of hydrazine groups is 1. The fourth-order valence-electron chi connectivity index (χ4n) is 3.76. The van der Waals surface area contributed by atoms with Crippen molar-refractivity contribution >= 4 is 27.7 Å². The van der Waals surface area contributed by atoms with Crippen LogP contribution in [-0.2, 0) is 4.79 Å². The van der Waals surface area contributed by atoms with Crippen LogP contribution in [0, 0.1) is 0 Å². The van der Waals surface area contributed by atoms with Crippen molar-refractivity contribution in [1.29, 1.82) is 0 Å². The van der Waals surface area contributed by atoms with Gasteiger partial charge >= 0.3 is 10.2 Å². The molecule has 3 rings (SSSR count). The van der Waals surface area contributed by atoms with E-state index in [0.717, 1.165) is 18.6 Å². The molecule has 1 fully saturated rings. The van der Waals surface area contributed by atoms with Crippen LogP contribution in [0.4, 0.5) is 25.1 Å². The first-order chi connectivity index (χ1) is 14.8. The highest BCUT2D eigenvalue weighted by molar-refractivity contribution is 8.45. The Labute approximate surface area is 184 Å². The number of carbonyl (C=O) groups excluding carboxylic acids is 1. The first kappa shape index (κ1) is 24.0. The van der Waals surface area contributed by atoms with Crippen molar-refractivity contribution in [2.75, 3.05) is 11.6 Å². The Morgan fingerprint density at radius 1 is 1.12 bits per heavy atom. The molecule has 0 radical (unpaired) electrons. The van der Waals surface area contributed by atoms with E-state index in [1.54, 1.807) is 10.0 Å². The van der Waals surface area contributed by atoms with E-state index in [0.29, 0.717) is 49.3 Å². The molecular weight excluding hydrogens is 449 g/mol. The summed E-state index contributed by atoms with van der Waals surface area (Å²) >= 11 is 0. The van der Waals surface area contributed by atoms with Crippen molar-refractivity contribution in [1.82, 2.24) is 5.01 Å². The maximum absolute atomic E-state index is 13.2. The predicted molar refractivity (Wildman–Crippen MR) is 119 cm³/mol. The molecule has 1 unspecified atom stereocenters. The SMILES string of the molecule is C=C1CCCN2C1=NC(=O)CC(C/C=C\C=C/CC)N2c1ccc(S(F)(F)(F)(F)F)cc1. The Bertz CT molecular complexity index is 984. The van der Waals surface area contributed by atoms with Gasteiger partial charge in [0, 0.05) is 6.54 Å². The van der Waals surface area contributed by atoms with Crippen LogP contribution < -0.4 is 5.01 Å². The Morgan fingerprint density at radius 3 is 2.41 bits per heavy atom. The third-order valence-corrected chi connectivity index (χ3v) is 6.39. The Balaban J connectivity index is 2.02. The summed E-state index contributed by atoms with van der Waals surface area (Å²) in [6, 6.07) is 2.38. The maximum atomic E-state index is 13.2. The first-order valence-electron chi connectivity index (χ1n) is 10.3. The summed E-state index contributed by atoms with van der Waals surface area (Å²) < 4.78 is 65.9. The van der Waals surface area contributed by atoms with Crippen LogP contribution in [0.15, 0.2) is 70.6 Å². The average Bonchev–Trinajstić information content (AvgIpc) is 2.83. The molecule has 1 amide bonds. The van der Waals surface area contributed by atoms with Gasteiger partial charge in [-0.05, 0) is 55.5 Å². The largest absolute Gasteiger partial charge is 0.310 e. The maximum Gasteiger partial charge on any atom is 0.310 e. The highest BCUT2D eigenvalue weighted by Gasteiger charge is 2.65. The summed E-state index contributed by atoms with van der Waals surface area (Å²) in [6.07, 6.45) is 10.2. The van der Waals surface area contributed by atoms with E-state index in [2.05, 4.69) is 11.6 Å². The summed E-state index contributed by atoms with van der Waals surface area (Å²) in [5, 5.41) is 3.42. The summed E-state index contributed by atoms with van der Waals surface area (Å²) in [4.78, 5) is 14.7. The van der Waals surface area contributed by atoms with Gasteiger partial charge in [0.25, 0.3) is 0 Å². The van der Waals surface area contributed by atoms with Gasteiger partial charge in [0.2, 0.25) is 5.91 Å². The average molecular weight is 476 g/mol. The van der Waals surface area contributed by atoms with Crippen LogP contribution in [0.3, 0.4) is 0 Å². The highest BCUT2D eigenvalue weighted by atomic mass is 32.5. The molecule has 2 heterocycles. The normalized spacial score (nSPS) is 22.6. The monoisotopic (exact) mass is 475 g/mol. The van der Waals surface area contributed by atoms with Crippen LogP contribution >= 0.6 is 10.2 Å². The summed E-state index contributed by atoms with van der Waals surface area (Å²) in [6.45, 7) is 6.44. The van der Waals surface area contributed by atoms with E-state index < -0.39 is 21.2 Å². The zero-order valence-corrected chi connectivity index (χ0v) is 18.5. The molecule has 0 spiro atoms. The van der Waals surface area contributed by atoms with Crippen molar-refractivity contribution in [3.05, 3.63) is 60.7 Å². The number of amides is 1. The lowest BCUT2D eigenvalue weighted by atomic mass is 10.1. The van der Waals surface area contributed by atoms with Gasteiger partial charge in [-0.15, -0.1) is 0 Å². The molecule has 0 aromatic heterocycles. The van der Waals surface area contributed by atoms with Gasteiger partial charge in [-0.3, -0.25) is 14.8 Å². The molecule has 0 aliphatic carbocycles. The van der Waals surface area contributed by atoms with Crippen molar-refractivity contribution in [3.63, 3.8) is 0 Å². The molecule has 10 heteroatoms. The zero-order chi connectivity index (χ0) is 23.6. The minimum atomic E-state index is -9.78. The third kappa shape index (κ3) is 5.59. The van der Waals surface area contributed by atoms with Gasteiger partial charge in [-0.1, -0.05) is 57.2 Å². The smallest absolute Gasteiger partial charge is 0.280 e. The number of halogens is 5. The molecule has 2 aliphatic rings. The minimum Gasteiger partial charge on any atom is -0.280 e. The van der Waals surface area contributed by atoms with E-state index in [-0.39, 0.29) is 18.0 Å². The number of piperidine rings is 1. The number of rotatable bonds is 6. The lowest BCUT2D eigenvalue weighted by Crippen LogP contribution is -2.53. The Kier molecular flexibility index (Phi) is 6.05. The molecule has 32 heavy (non-hydrogen) atoms. The van der Waals surface area contributed by atoms with Gasteiger partial charge < -0.3 is 0 Å². The Morgan fingerprint density at radius 2 is 1.78 bits per heavy atom. The van der Waals surface area contributed by atoms with E-state index in [1.165, 1.54) is 0 Å². The second-order valence-electron chi connectivity index (χ2n) is 7.83. The van der Waals surface area contributed by atoms with Gasteiger partial charge in [0.05, 0.1) is 18.2 Å². The molecule has 176 valence electrons. The third-order valence-electron chi connectivity index (χ3n) is 5.23. The van der Waals surface area contributed by atoms with Crippen LogP contribution in [0.5, 0.6) is 0 Å². The molecule has 1 aromatic rings. The molecule has 1 atom stereocenters. The Hall–Kier alpha value is -2.62. The quantitative estimate of drug-likeness (QED) is 0.319. The number of fused-ring (bicyclic) bond motifs is 1. The van der Waals surface area contributed by atoms with Gasteiger partial charge in [0.1, 0.15) is 4.90 Å². The molecule has 0 saturated carbocycles. The number of allylic oxidation sites excluding steroid dienone is 3. The minimum absolute atomic E-state index is 0.0262. The molecule has 2 aliphatic heterocycles. The van der Waals surface area contributed by atoms with Crippen LogP contribution in [0.2, 0.25) is 0 Å². The second-order valence-corrected chi connectivity index (χ2v) is 10.2. The van der Waals surface area contributed by atoms with Crippen molar-refractivity contribution in [3.8, 4) is 0 Å². The lowest BCUT2D eigenvalue weighted by molar-refractivity contribution is -0.118. The summed E-state index contributed by atoms with van der Waals surface area (Å²) in [7, 11) is -9.78. The number of benzene rings is 1.